The van der Waals surface area contributed by atoms with E-state index in [1.807, 2.05) is 12.3 Å². The van der Waals surface area contributed by atoms with Gasteiger partial charge in [0.25, 0.3) is 0 Å². The van der Waals surface area contributed by atoms with Gasteiger partial charge in [-0.05, 0) is 62.4 Å². The van der Waals surface area contributed by atoms with Gasteiger partial charge in [0.2, 0.25) is 5.95 Å². The molecule has 0 spiro atoms. The average molecular weight is 458 g/mol. The first-order valence-electron chi connectivity index (χ1n) is 12.2. The molecular weight excluding hydrogens is 426 g/mol. The topological polar surface area (TPSA) is 69.7 Å². The molecule has 5 heterocycles. The van der Waals surface area contributed by atoms with Gasteiger partial charge in [-0.3, -0.25) is 4.90 Å². The first kappa shape index (κ1) is 21.3. The number of rotatable bonds is 5. The Kier molecular flexibility index (Phi) is 5.76. The van der Waals surface area contributed by atoms with Crippen LogP contribution < -0.4 is 15.1 Å². The molecule has 2 atom stereocenters. The van der Waals surface area contributed by atoms with E-state index in [-0.39, 0.29) is 0 Å². The molecule has 0 saturated carbocycles. The zero-order chi connectivity index (χ0) is 22.9. The minimum absolute atomic E-state index is 0.583. The quantitative estimate of drug-likeness (QED) is 0.625. The van der Waals surface area contributed by atoms with E-state index in [9.17, 15) is 0 Å². The molecule has 2 bridgehead atoms. The van der Waals surface area contributed by atoms with E-state index in [1.54, 1.807) is 6.20 Å². The maximum atomic E-state index is 5.43. The molecule has 3 aliphatic heterocycles. The number of anilines is 4. The van der Waals surface area contributed by atoms with Crippen LogP contribution in [-0.4, -0.2) is 78.4 Å². The van der Waals surface area contributed by atoms with Gasteiger partial charge in [0, 0.05) is 67.6 Å². The number of piperazine rings is 1. The first-order chi connectivity index (χ1) is 16.7. The van der Waals surface area contributed by atoms with E-state index in [4.69, 9.17) is 9.72 Å². The number of nitrogens with one attached hydrogen (secondary N) is 1. The zero-order valence-corrected chi connectivity index (χ0v) is 19.6. The van der Waals surface area contributed by atoms with Crippen molar-refractivity contribution in [2.24, 2.45) is 0 Å². The lowest BCUT2D eigenvalue weighted by Crippen LogP contribution is -2.51. The van der Waals surface area contributed by atoms with Gasteiger partial charge in [-0.1, -0.05) is 0 Å². The second-order valence-corrected chi connectivity index (χ2v) is 9.40. The molecule has 34 heavy (non-hydrogen) atoms. The number of fused-ring (bicyclic) bond motifs is 2. The van der Waals surface area contributed by atoms with Crippen LogP contribution in [-0.2, 0) is 4.74 Å². The fourth-order valence-corrected chi connectivity index (χ4v) is 5.31. The van der Waals surface area contributed by atoms with Crippen LogP contribution in [0.5, 0.6) is 0 Å². The Balaban J connectivity index is 1.12. The molecule has 1 aromatic carbocycles. The van der Waals surface area contributed by atoms with Crippen LogP contribution >= 0.6 is 0 Å². The van der Waals surface area contributed by atoms with E-state index in [0.717, 1.165) is 62.2 Å². The third kappa shape index (κ3) is 4.31. The van der Waals surface area contributed by atoms with Crippen molar-refractivity contribution in [1.29, 1.82) is 0 Å². The number of pyridine rings is 1. The summed E-state index contributed by atoms with van der Waals surface area (Å²) in [4.78, 5) is 21.1. The molecule has 0 aliphatic carbocycles. The van der Waals surface area contributed by atoms with Crippen molar-refractivity contribution in [3.63, 3.8) is 0 Å². The molecule has 0 amide bonds. The summed E-state index contributed by atoms with van der Waals surface area (Å²) >= 11 is 0. The van der Waals surface area contributed by atoms with Gasteiger partial charge >= 0.3 is 0 Å². The van der Waals surface area contributed by atoms with E-state index in [2.05, 4.69) is 73.4 Å². The van der Waals surface area contributed by atoms with Gasteiger partial charge in [0.15, 0.2) is 0 Å². The maximum absolute atomic E-state index is 5.43. The van der Waals surface area contributed by atoms with Crippen molar-refractivity contribution in [3.8, 4) is 11.3 Å². The van der Waals surface area contributed by atoms with Crippen molar-refractivity contribution in [2.45, 2.75) is 24.9 Å². The Bertz CT molecular complexity index is 1100. The molecule has 3 aromatic rings. The largest absolute Gasteiger partial charge is 0.378 e. The molecule has 3 fully saturated rings. The summed E-state index contributed by atoms with van der Waals surface area (Å²) in [5, 5.41) is 3.35. The summed E-state index contributed by atoms with van der Waals surface area (Å²) in [5.74, 6) is 1.56. The summed E-state index contributed by atoms with van der Waals surface area (Å²) in [7, 11) is 2.27. The molecule has 2 aromatic heterocycles. The summed E-state index contributed by atoms with van der Waals surface area (Å²) in [6.07, 6.45) is 6.30. The van der Waals surface area contributed by atoms with Crippen LogP contribution in [0.2, 0.25) is 0 Å². The highest BCUT2D eigenvalue weighted by Crippen LogP contribution is 2.32. The minimum Gasteiger partial charge on any atom is -0.378 e. The van der Waals surface area contributed by atoms with Gasteiger partial charge in [-0.2, -0.15) is 0 Å². The fraction of sp³-hybridized carbons (Fsp3) is 0.423. The zero-order valence-electron chi connectivity index (χ0n) is 19.6. The highest BCUT2D eigenvalue weighted by atomic mass is 16.5. The normalized spacial score (nSPS) is 22.7. The van der Waals surface area contributed by atoms with Crippen LogP contribution in [0.3, 0.4) is 0 Å². The van der Waals surface area contributed by atoms with Crippen molar-refractivity contribution in [3.05, 3.63) is 54.9 Å². The third-order valence-corrected chi connectivity index (χ3v) is 7.37. The molecule has 176 valence electrons. The second-order valence-electron chi connectivity index (χ2n) is 9.40. The fourth-order valence-electron chi connectivity index (χ4n) is 5.31. The van der Waals surface area contributed by atoms with Gasteiger partial charge in [-0.15, -0.1) is 0 Å². The first-order valence-corrected chi connectivity index (χ1v) is 12.2. The third-order valence-electron chi connectivity index (χ3n) is 7.37. The average Bonchev–Trinajstić information content (AvgIpc) is 3.09. The predicted molar refractivity (Wildman–Crippen MR) is 135 cm³/mol. The Hall–Kier alpha value is -3.23. The highest BCUT2D eigenvalue weighted by molar-refractivity contribution is 5.64. The number of hydrogen-bond donors (Lipinski definition) is 1. The number of nitrogens with zero attached hydrogens (tertiary/aromatic N) is 6. The van der Waals surface area contributed by atoms with Crippen LogP contribution in [0.1, 0.15) is 12.8 Å². The molecule has 6 rings (SSSR count). The number of likely N-dealkylation sites (N-methyl/N-ethyl adjacent to an activating group) is 1. The van der Waals surface area contributed by atoms with Gasteiger partial charge < -0.3 is 19.9 Å². The Morgan fingerprint density at radius 1 is 0.882 bits per heavy atom. The maximum Gasteiger partial charge on any atom is 0.227 e. The van der Waals surface area contributed by atoms with E-state index >= 15 is 0 Å². The Morgan fingerprint density at radius 2 is 1.65 bits per heavy atom. The number of ether oxygens (including phenoxy) is 1. The van der Waals surface area contributed by atoms with Crippen molar-refractivity contribution < 1.29 is 4.74 Å². The van der Waals surface area contributed by atoms with Gasteiger partial charge in [0.05, 0.1) is 18.9 Å². The van der Waals surface area contributed by atoms with Crippen molar-refractivity contribution in [1.82, 2.24) is 19.9 Å². The molecule has 3 saturated heterocycles. The molecular formula is C26H31N7O. The van der Waals surface area contributed by atoms with E-state index < -0.39 is 0 Å². The predicted octanol–water partition coefficient (Wildman–Crippen LogP) is 3.40. The SMILES string of the molecule is CN1C2CCC1CN(c1ccc(Nc3nccc(-c4ccc(N5CCOCC5)nc4)n3)cc1)C2. The lowest BCUT2D eigenvalue weighted by Gasteiger charge is -2.40. The van der Waals surface area contributed by atoms with Crippen molar-refractivity contribution in [2.75, 3.05) is 61.6 Å². The van der Waals surface area contributed by atoms with Crippen LogP contribution in [0.15, 0.2) is 54.9 Å². The van der Waals surface area contributed by atoms with Crippen LogP contribution in [0.25, 0.3) is 11.3 Å². The molecule has 0 radical (unpaired) electrons. The number of benzene rings is 1. The standard InChI is InChI=1S/C26H31N7O/c1-31-22-7-8-23(31)18-33(17-22)21-5-3-20(4-6-21)29-26-27-11-10-24(30-26)19-2-9-25(28-16-19)32-12-14-34-15-13-32/h2-6,9-11,16,22-23H,7-8,12-15,17-18H2,1H3,(H,27,29,30). The van der Waals surface area contributed by atoms with Crippen molar-refractivity contribution >= 4 is 23.1 Å². The number of hydrogen-bond acceptors (Lipinski definition) is 8. The Morgan fingerprint density at radius 3 is 2.35 bits per heavy atom. The lowest BCUT2D eigenvalue weighted by atomic mass is 10.1. The lowest BCUT2D eigenvalue weighted by molar-refractivity contribution is 0.122. The second kappa shape index (κ2) is 9.19. The molecule has 8 heteroatoms. The summed E-state index contributed by atoms with van der Waals surface area (Å²) in [5.41, 5.74) is 4.10. The monoisotopic (exact) mass is 457 g/mol. The highest BCUT2D eigenvalue weighted by Gasteiger charge is 2.37. The number of aromatic nitrogens is 3. The Labute approximate surface area is 200 Å². The molecule has 3 aliphatic rings. The van der Waals surface area contributed by atoms with Crippen LogP contribution in [0.4, 0.5) is 23.1 Å². The summed E-state index contributed by atoms with van der Waals surface area (Å²) in [6.45, 7) is 5.49. The summed E-state index contributed by atoms with van der Waals surface area (Å²) < 4.78 is 5.43. The molecule has 1 N–H and O–H groups in total. The minimum atomic E-state index is 0.583. The molecule has 8 nitrogen and oxygen atoms in total. The van der Waals surface area contributed by atoms with Crippen LogP contribution in [0, 0.1) is 0 Å². The molecule has 2 unspecified atom stereocenters. The summed E-state index contributed by atoms with van der Waals surface area (Å²) in [6, 6.07) is 16.0. The van der Waals surface area contributed by atoms with E-state index in [1.165, 1.54) is 18.5 Å². The van der Waals surface area contributed by atoms with Gasteiger partial charge in [-0.25, -0.2) is 15.0 Å². The number of morpholine rings is 1. The smallest absolute Gasteiger partial charge is 0.227 e. The van der Waals surface area contributed by atoms with Gasteiger partial charge in [0.1, 0.15) is 5.82 Å². The van der Waals surface area contributed by atoms with E-state index in [0.29, 0.717) is 18.0 Å².